The molecule has 6 heteroatoms. The summed E-state index contributed by atoms with van der Waals surface area (Å²) in [6.45, 7) is 1.07. The maximum Gasteiger partial charge on any atom is 0.358 e. The highest BCUT2D eigenvalue weighted by molar-refractivity contribution is 5.88. The topological polar surface area (TPSA) is 73.6 Å². The maximum absolute atomic E-state index is 10.9. The fourth-order valence-corrected chi connectivity index (χ4v) is 1.26. The van der Waals surface area contributed by atoms with Crippen LogP contribution in [0.1, 0.15) is 16.9 Å². The Balaban J connectivity index is 2.78. The third-order valence-electron chi connectivity index (χ3n) is 1.95. The van der Waals surface area contributed by atoms with Crippen LogP contribution in [0.15, 0.2) is 6.20 Å². The first-order valence-corrected chi connectivity index (χ1v) is 4.52. The molecule has 6 nitrogen and oxygen atoms in total. The Labute approximate surface area is 87.4 Å². The molecule has 0 saturated carbocycles. The lowest BCUT2D eigenvalue weighted by Gasteiger charge is -2.04. The van der Waals surface area contributed by atoms with E-state index in [-0.39, 0.29) is 11.4 Å². The molecule has 1 aromatic rings. The molecule has 1 heterocycles. The highest BCUT2D eigenvalue weighted by Gasteiger charge is 2.17. The van der Waals surface area contributed by atoms with E-state index in [1.54, 1.807) is 7.11 Å². The van der Waals surface area contributed by atoms with Gasteiger partial charge >= 0.3 is 5.97 Å². The van der Waals surface area contributed by atoms with Crippen molar-refractivity contribution in [3.8, 4) is 5.75 Å². The van der Waals surface area contributed by atoms with E-state index in [0.29, 0.717) is 19.6 Å². The summed E-state index contributed by atoms with van der Waals surface area (Å²) in [6.07, 6.45) is 2.11. The zero-order chi connectivity index (χ0) is 11.3. The average molecular weight is 214 g/mol. The normalized spacial score (nSPS) is 10.3. The molecule has 0 atom stereocenters. The average Bonchev–Trinajstić information content (AvgIpc) is 2.61. The summed E-state index contributed by atoms with van der Waals surface area (Å²) in [5, 5.41) is 12.9. The molecule has 0 aliphatic heterocycles. The van der Waals surface area contributed by atoms with Crippen molar-refractivity contribution in [2.24, 2.45) is 0 Å². The molecule has 15 heavy (non-hydrogen) atoms. The van der Waals surface area contributed by atoms with E-state index in [1.807, 2.05) is 0 Å². The number of aromatic nitrogens is 2. The van der Waals surface area contributed by atoms with Crippen LogP contribution < -0.4 is 4.74 Å². The first-order chi connectivity index (χ1) is 7.20. The van der Waals surface area contributed by atoms with Gasteiger partial charge in [0.1, 0.15) is 0 Å². The van der Waals surface area contributed by atoms with Crippen molar-refractivity contribution in [3.05, 3.63) is 11.9 Å². The van der Waals surface area contributed by atoms with Crippen LogP contribution in [0.2, 0.25) is 0 Å². The fourth-order valence-electron chi connectivity index (χ4n) is 1.26. The van der Waals surface area contributed by atoms with Crippen molar-refractivity contribution < 1.29 is 19.4 Å². The third-order valence-corrected chi connectivity index (χ3v) is 1.95. The summed E-state index contributed by atoms with van der Waals surface area (Å²) in [5.41, 5.74) is 0.0774. The minimum atomic E-state index is -1.04. The summed E-state index contributed by atoms with van der Waals surface area (Å²) in [6, 6.07) is 0. The first kappa shape index (κ1) is 11.5. The van der Waals surface area contributed by atoms with Gasteiger partial charge in [-0.3, -0.25) is 4.68 Å². The van der Waals surface area contributed by atoms with E-state index in [9.17, 15) is 4.79 Å². The van der Waals surface area contributed by atoms with Crippen molar-refractivity contribution in [2.45, 2.75) is 13.0 Å². The number of carboxylic acid groups (broad SMARTS) is 1. The second-order valence-corrected chi connectivity index (χ2v) is 2.94. The van der Waals surface area contributed by atoms with Gasteiger partial charge in [-0.2, -0.15) is 5.10 Å². The number of hydrogen-bond donors (Lipinski definition) is 1. The van der Waals surface area contributed by atoms with Crippen LogP contribution in [0, 0.1) is 0 Å². The van der Waals surface area contributed by atoms with E-state index < -0.39 is 5.97 Å². The number of aryl methyl sites for hydroxylation is 1. The van der Waals surface area contributed by atoms with Gasteiger partial charge in [0.2, 0.25) is 0 Å². The van der Waals surface area contributed by atoms with Crippen molar-refractivity contribution in [2.75, 3.05) is 20.8 Å². The van der Waals surface area contributed by atoms with E-state index in [2.05, 4.69) is 5.10 Å². The van der Waals surface area contributed by atoms with Crippen LogP contribution in [-0.4, -0.2) is 41.7 Å². The molecule has 0 amide bonds. The van der Waals surface area contributed by atoms with Gasteiger partial charge in [-0.1, -0.05) is 0 Å². The van der Waals surface area contributed by atoms with E-state index >= 15 is 0 Å². The molecule has 84 valence electrons. The van der Waals surface area contributed by atoms with Crippen molar-refractivity contribution in [3.63, 3.8) is 0 Å². The Kier molecular flexibility index (Phi) is 4.11. The summed E-state index contributed by atoms with van der Waals surface area (Å²) in [7, 11) is 3.02. The molecule has 1 aromatic heterocycles. The molecule has 0 unspecified atom stereocenters. The molecule has 0 fully saturated rings. The Morgan fingerprint density at radius 1 is 1.60 bits per heavy atom. The van der Waals surface area contributed by atoms with Crippen LogP contribution in [0.25, 0.3) is 0 Å². The van der Waals surface area contributed by atoms with E-state index in [1.165, 1.54) is 18.0 Å². The smallest absolute Gasteiger partial charge is 0.358 e. The summed E-state index contributed by atoms with van der Waals surface area (Å²) in [5.74, 6) is -0.762. The highest BCUT2D eigenvalue weighted by Crippen LogP contribution is 2.17. The zero-order valence-electron chi connectivity index (χ0n) is 8.77. The van der Waals surface area contributed by atoms with Gasteiger partial charge in [0.15, 0.2) is 11.4 Å². The molecule has 0 saturated heterocycles. The number of nitrogens with zero attached hydrogens (tertiary/aromatic N) is 2. The Morgan fingerprint density at radius 2 is 2.33 bits per heavy atom. The lowest BCUT2D eigenvalue weighted by Crippen LogP contribution is -2.12. The van der Waals surface area contributed by atoms with Crippen LogP contribution >= 0.6 is 0 Å². The minimum absolute atomic E-state index is 0.0774. The molecule has 0 spiro atoms. The van der Waals surface area contributed by atoms with Crippen molar-refractivity contribution in [1.82, 2.24) is 9.78 Å². The highest BCUT2D eigenvalue weighted by atomic mass is 16.5. The second-order valence-electron chi connectivity index (χ2n) is 2.94. The van der Waals surface area contributed by atoms with Gasteiger partial charge in [0, 0.05) is 20.3 Å². The number of carbonyl (C=O) groups is 1. The molecule has 1 rings (SSSR count). The molecule has 1 N–H and O–H groups in total. The number of methoxy groups -OCH3 is 2. The van der Waals surface area contributed by atoms with Gasteiger partial charge in [-0.25, -0.2) is 4.79 Å². The number of ether oxygens (including phenoxy) is 2. The molecule has 0 aromatic carbocycles. The summed E-state index contributed by atoms with van der Waals surface area (Å²) >= 11 is 0. The largest absolute Gasteiger partial charge is 0.493 e. The van der Waals surface area contributed by atoms with E-state index in [0.717, 1.165) is 0 Å². The SMILES string of the molecule is COCCCn1ncc(OC)c1C(=O)O. The second kappa shape index (κ2) is 5.35. The molecule has 0 aliphatic carbocycles. The lowest BCUT2D eigenvalue weighted by atomic mass is 10.4. The quantitative estimate of drug-likeness (QED) is 0.703. The lowest BCUT2D eigenvalue weighted by molar-refractivity contribution is 0.0678. The number of carboxylic acids is 1. The molecule has 0 aliphatic rings. The summed E-state index contributed by atoms with van der Waals surface area (Å²) < 4.78 is 11.2. The molecule has 0 radical (unpaired) electrons. The monoisotopic (exact) mass is 214 g/mol. The zero-order valence-corrected chi connectivity index (χ0v) is 8.77. The van der Waals surface area contributed by atoms with Crippen LogP contribution in [0.3, 0.4) is 0 Å². The van der Waals surface area contributed by atoms with Gasteiger partial charge < -0.3 is 14.6 Å². The van der Waals surface area contributed by atoms with Gasteiger partial charge in [0.25, 0.3) is 0 Å². The van der Waals surface area contributed by atoms with Gasteiger partial charge in [-0.15, -0.1) is 0 Å². The fraction of sp³-hybridized carbons (Fsp3) is 0.556. The molecular weight excluding hydrogens is 200 g/mol. The van der Waals surface area contributed by atoms with Crippen LogP contribution in [0.4, 0.5) is 0 Å². The molecule has 0 bridgehead atoms. The maximum atomic E-state index is 10.9. The van der Waals surface area contributed by atoms with Crippen LogP contribution in [-0.2, 0) is 11.3 Å². The number of rotatable bonds is 6. The van der Waals surface area contributed by atoms with Gasteiger partial charge in [-0.05, 0) is 6.42 Å². The number of aromatic carboxylic acids is 1. The summed E-state index contributed by atoms with van der Waals surface area (Å²) in [4.78, 5) is 10.9. The van der Waals surface area contributed by atoms with E-state index in [4.69, 9.17) is 14.6 Å². The molecular formula is C9H14N2O4. The standard InChI is InChI=1S/C9H14N2O4/c1-14-5-3-4-11-8(9(12)13)7(15-2)6-10-11/h6H,3-5H2,1-2H3,(H,12,13). The predicted octanol–water partition coefficient (Wildman–Crippen LogP) is 0.626. The van der Waals surface area contributed by atoms with Gasteiger partial charge in [0.05, 0.1) is 13.3 Å². The van der Waals surface area contributed by atoms with Crippen molar-refractivity contribution in [1.29, 1.82) is 0 Å². The Hall–Kier alpha value is -1.56. The van der Waals surface area contributed by atoms with Crippen LogP contribution in [0.5, 0.6) is 5.75 Å². The van der Waals surface area contributed by atoms with Crippen molar-refractivity contribution >= 4 is 5.97 Å². The predicted molar refractivity (Wildman–Crippen MR) is 52.2 cm³/mol. The Bertz CT molecular complexity index is 335. The minimum Gasteiger partial charge on any atom is -0.493 e. The number of hydrogen-bond acceptors (Lipinski definition) is 4. The Morgan fingerprint density at radius 3 is 2.87 bits per heavy atom. The third kappa shape index (κ3) is 2.69. The first-order valence-electron chi connectivity index (χ1n) is 4.52.